The second-order valence-corrected chi connectivity index (χ2v) is 9.09. The van der Waals surface area contributed by atoms with E-state index in [-0.39, 0.29) is 23.3 Å². The third-order valence-corrected chi connectivity index (χ3v) is 7.24. The van der Waals surface area contributed by atoms with Crippen LogP contribution in [0.15, 0.2) is 41.8 Å². The second kappa shape index (κ2) is 7.52. The van der Waals surface area contributed by atoms with E-state index in [2.05, 4.69) is 28.9 Å². The van der Waals surface area contributed by atoms with Gasteiger partial charge in [-0.05, 0) is 42.5 Å². The number of aromatic nitrogens is 3. The summed E-state index contributed by atoms with van der Waals surface area (Å²) in [6, 6.07) is 6.18. The van der Waals surface area contributed by atoms with Crippen LogP contribution in [0.4, 0.5) is 5.82 Å². The number of benzene rings is 1. The molecular weight excluding hydrogens is 426 g/mol. The van der Waals surface area contributed by atoms with Crippen molar-refractivity contribution >= 4 is 44.1 Å². The highest BCUT2D eigenvalue weighted by molar-refractivity contribution is 7.22. The molecule has 32 heavy (non-hydrogen) atoms. The molecule has 1 aliphatic rings. The van der Waals surface area contributed by atoms with E-state index in [1.54, 1.807) is 23.3 Å². The molecule has 0 aliphatic carbocycles. The summed E-state index contributed by atoms with van der Waals surface area (Å²) in [5, 5.41) is 8.23. The largest absolute Gasteiger partial charge is 0.495 e. The summed E-state index contributed by atoms with van der Waals surface area (Å²) in [4.78, 5) is 27.6. The van der Waals surface area contributed by atoms with Crippen molar-refractivity contribution in [3.63, 3.8) is 0 Å². The van der Waals surface area contributed by atoms with Crippen LogP contribution in [0.5, 0.6) is 5.75 Å². The molecule has 3 N–H and O–H groups in total. The Bertz CT molecular complexity index is 1450. The normalized spacial score (nSPS) is 16.2. The quantitative estimate of drug-likeness (QED) is 0.464. The number of thiophene rings is 1. The maximum Gasteiger partial charge on any atom is 0.288 e. The smallest absolute Gasteiger partial charge is 0.288 e. The topological polar surface area (TPSA) is 106 Å². The van der Waals surface area contributed by atoms with Crippen molar-refractivity contribution in [3.05, 3.63) is 53.0 Å². The Morgan fingerprint density at radius 3 is 2.97 bits per heavy atom. The highest BCUT2D eigenvalue weighted by Crippen LogP contribution is 2.43. The fourth-order valence-corrected chi connectivity index (χ4v) is 5.71. The van der Waals surface area contributed by atoms with E-state index in [1.165, 1.54) is 6.08 Å². The van der Waals surface area contributed by atoms with E-state index in [4.69, 9.17) is 10.5 Å². The molecule has 5 rings (SSSR count). The predicted octanol–water partition coefficient (Wildman–Crippen LogP) is 3.46. The number of carbonyl (C=O) groups is 1. The van der Waals surface area contributed by atoms with E-state index >= 15 is 0 Å². The van der Waals surface area contributed by atoms with Gasteiger partial charge in [0.1, 0.15) is 11.3 Å². The Kier molecular flexibility index (Phi) is 4.78. The lowest BCUT2D eigenvalue weighted by molar-refractivity contribution is -0.125. The predicted molar refractivity (Wildman–Crippen MR) is 127 cm³/mol. The van der Waals surface area contributed by atoms with Gasteiger partial charge in [-0.25, -0.2) is 5.10 Å². The number of ether oxygens (including phenoxy) is 1. The van der Waals surface area contributed by atoms with Crippen LogP contribution in [0.2, 0.25) is 0 Å². The number of likely N-dealkylation sites (tertiary alicyclic amines) is 1. The second-order valence-electron chi connectivity index (χ2n) is 8.04. The van der Waals surface area contributed by atoms with Crippen molar-refractivity contribution in [2.24, 2.45) is 0 Å². The number of H-pyrrole nitrogens is 1. The molecule has 1 saturated heterocycles. The number of hydrogen-bond acceptors (Lipinski definition) is 6. The number of amides is 1. The van der Waals surface area contributed by atoms with Gasteiger partial charge in [0, 0.05) is 29.7 Å². The monoisotopic (exact) mass is 449 g/mol. The van der Waals surface area contributed by atoms with E-state index < -0.39 is 0 Å². The Balaban J connectivity index is 1.71. The van der Waals surface area contributed by atoms with Crippen LogP contribution < -0.4 is 16.0 Å². The molecule has 1 fully saturated rings. The number of rotatable bonds is 4. The first kappa shape index (κ1) is 20.3. The maximum absolute atomic E-state index is 12.8. The molecule has 3 aromatic heterocycles. The van der Waals surface area contributed by atoms with Gasteiger partial charge in [-0.1, -0.05) is 12.6 Å². The zero-order valence-corrected chi connectivity index (χ0v) is 18.7. The van der Waals surface area contributed by atoms with Gasteiger partial charge in [-0.15, -0.1) is 11.3 Å². The maximum atomic E-state index is 12.8. The van der Waals surface area contributed by atoms with Crippen molar-refractivity contribution < 1.29 is 9.53 Å². The number of nitrogens with one attached hydrogen (secondary N) is 1. The van der Waals surface area contributed by atoms with E-state index in [0.29, 0.717) is 24.0 Å². The molecule has 1 amide bonds. The fourth-order valence-electron chi connectivity index (χ4n) is 4.56. The molecule has 1 aromatic carbocycles. The van der Waals surface area contributed by atoms with Crippen molar-refractivity contribution in [2.45, 2.75) is 19.4 Å². The summed E-state index contributed by atoms with van der Waals surface area (Å²) in [5.41, 5.74) is 8.39. The first-order valence-electron chi connectivity index (χ1n) is 10.3. The summed E-state index contributed by atoms with van der Waals surface area (Å²) in [6.07, 6.45) is 4.03. The lowest BCUT2D eigenvalue weighted by Gasteiger charge is -2.16. The number of nitrogens with two attached hydrogens (primary N) is 1. The van der Waals surface area contributed by atoms with Crippen LogP contribution in [0.25, 0.3) is 31.4 Å². The molecule has 0 radical (unpaired) electrons. The first-order valence-corrected chi connectivity index (χ1v) is 11.1. The Hall–Kier alpha value is -3.59. The molecule has 4 aromatic rings. The summed E-state index contributed by atoms with van der Waals surface area (Å²) in [5.74, 6) is 0.982. The molecule has 0 spiro atoms. The molecule has 0 unspecified atom stereocenters. The highest BCUT2D eigenvalue weighted by atomic mass is 32.1. The van der Waals surface area contributed by atoms with Gasteiger partial charge in [-0.3, -0.25) is 9.59 Å². The van der Waals surface area contributed by atoms with Crippen LogP contribution in [-0.2, 0) is 4.79 Å². The number of fused-ring (bicyclic) bond motifs is 2. The Morgan fingerprint density at radius 1 is 1.41 bits per heavy atom. The number of methoxy groups -OCH3 is 1. The van der Waals surface area contributed by atoms with E-state index in [9.17, 15) is 9.59 Å². The van der Waals surface area contributed by atoms with Crippen molar-refractivity contribution in [2.75, 3.05) is 25.9 Å². The third-order valence-electron chi connectivity index (χ3n) is 6.04. The zero-order chi connectivity index (χ0) is 22.6. The number of hydrogen-bond donors (Lipinski definition) is 2. The number of anilines is 1. The van der Waals surface area contributed by atoms with E-state index in [1.807, 2.05) is 23.8 Å². The minimum atomic E-state index is -0.302. The summed E-state index contributed by atoms with van der Waals surface area (Å²) < 4.78 is 8.57. The van der Waals surface area contributed by atoms with Gasteiger partial charge in [0.2, 0.25) is 5.91 Å². The lowest BCUT2D eigenvalue weighted by atomic mass is 10.1. The van der Waals surface area contributed by atoms with E-state index in [0.717, 1.165) is 38.3 Å². The molecule has 164 valence electrons. The number of nitrogens with zero attached hydrogens (tertiary/aromatic N) is 3. The number of aryl methyl sites for hydroxylation is 1. The van der Waals surface area contributed by atoms with Crippen LogP contribution in [-0.4, -0.2) is 45.8 Å². The number of aromatic amines is 1. The molecular formula is C23H23N5O3S. The summed E-state index contributed by atoms with van der Waals surface area (Å²) >= 11 is 1.59. The van der Waals surface area contributed by atoms with Crippen molar-refractivity contribution in [1.29, 1.82) is 0 Å². The molecule has 8 nitrogen and oxygen atoms in total. The fraction of sp³-hybridized carbons (Fsp3) is 0.261. The number of carbonyl (C=O) groups excluding carboxylic acids is 1. The standard InChI is InChI=1S/C23H23N5O3S/c1-4-18(29)27-6-5-14(10-27)28-11-15(19-20(28)23(30)26-25-22(19)24)17-9-13-7-12(2)8-16(31-3)21(13)32-17/h4,7-9,11,14H,1,5-6,10H2,2-3H3,(H2,24,25)(H,26,30)/t14-/m0/s1. The lowest BCUT2D eigenvalue weighted by Crippen LogP contribution is -2.27. The molecule has 9 heteroatoms. The molecule has 0 saturated carbocycles. The van der Waals surface area contributed by atoms with Gasteiger partial charge >= 0.3 is 0 Å². The van der Waals surface area contributed by atoms with Gasteiger partial charge < -0.3 is 19.9 Å². The first-order chi connectivity index (χ1) is 15.4. The van der Waals surface area contributed by atoms with Gasteiger partial charge in [0.25, 0.3) is 5.56 Å². The number of nitrogen functional groups attached to an aromatic ring is 1. The van der Waals surface area contributed by atoms with Gasteiger partial charge in [-0.2, -0.15) is 5.10 Å². The van der Waals surface area contributed by atoms with Gasteiger partial charge in [0.15, 0.2) is 5.82 Å². The average molecular weight is 450 g/mol. The summed E-state index contributed by atoms with van der Waals surface area (Å²) in [6.45, 7) is 6.73. The Morgan fingerprint density at radius 2 is 2.22 bits per heavy atom. The van der Waals surface area contributed by atoms with Crippen molar-refractivity contribution in [1.82, 2.24) is 19.7 Å². The molecule has 1 atom stereocenters. The zero-order valence-electron chi connectivity index (χ0n) is 17.8. The third kappa shape index (κ3) is 3.08. The highest BCUT2D eigenvalue weighted by Gasteiger charge is 2.29. The van der Waals surface area contributed by atoms with Crippen LogP contribution >= 0.6 is 11.3 Å². The Labute approximate surface area is 187 Å². The SMILES string of the molecule is C=CC(=O)N1CC[C@H](n2cc(-c3cc4cc(C)cc(OC)c4s3)c3c(N)n[nH]c(=O)c32)C1. The van der Waals surface area contributed by atoms with Crippen LogP contribution in [0.3, 0.4) is 0 Å². The molecule has 4 heterocycles. The minimum absolute atomic E-state index is 0.0378. The minimum Gasteiger partial charge on any atom is -0.495 e. The van der Waals surface area contributed by atoms with Gasteiger partial charge in [0.05, 0.1) is 23.2 Å². The molecule has 0 bridgehead atoms. The molecule has 1 aliphatic heterocycles. The summed E-state index contributed by atoms with van der Waals surface area (Å²) in [7, 11) is 1.66. The average Bonchev–Trinajstić information content (AvgIpc) is 3.51. The van der Waals surface area contributed by atoms with Crippen molar-refractivity contribution in [3.8, 4) is 16.2 Å². The van der Waals surface area contributed by atoms with Crippen LogP contribution in [0.1, 0.15) is 18.0 Å². The van der Waals surface area contributed by atoms with Crippen LogP contribution in [0, 0.1) is 6.92 Å².